The Labute approximate surface area is 129 Å². The first-order chi connectivity index (χ1) is 10.1. The van der Waals surface area contributed by atoms with Crippen molar-refractivity contribution in [1.29, 1.82) is 0 Å². The number of nitrogens with zero attached hydrogens (tertiary/aromatic N) is 1. The quantitative estimate of drug-likeness (QED) is 0.518. The molecule has 0 N–H and O–H groups in total. The molecule has 8 nitrogen and oxygen atoms in total. The lowest BCUT2D eigenvalue weighted by Gasteiger charge is -2.27. The van der Waals surface area contributed by atoms with Crippen LogP contribution in [0.1, 0.15) is 47.5 Å². The van der Waals surface area contributed by atoms with Crippen LogP contribution in [0.4, 0.5) is 0 Å². The lowest BCUT2D eigenvalue weighted by Crippen LogP contribution is -2.36. The van der Waals surface area contributed by atoms with Crippen molar-refractivity contribution in [3.8, 4) is 0 Å². The standard InChI is InChI=1S/C13H22NO7P/c1-8(2)20-22(18,21-9(3)4)10(5)13(17)19-14-11(15)6-7-12(14)16/h8-10H,6-7H2,1-5H3. The van der Waals surface area contributed by atoms with Gasteiger partial charge in [-0.25, -0.2) is 4.79 Å². The smallest absolute Gasteiger partial charge is 0.329 e. The summed E-state index contributed by atoms with van der Waals surface area (Å²) >= 11 is 0. The highest BCUT2D eigenvalue weighted by Crippen LogP contribution is 2.55. The summed E-state index contributed by atoms with van der Waals surface area (Å²) in [7, 11) is -3.80. The van der Waals surface area contributed by atoms with Crippen LogP contribution >= 0.6 is 7.60 Å². The van der Waals surface area contributed by atoms with Crippen LogP contribution in [0.3, 0.4) is 0 Å². The number of hydroxylamine groups is 2. The highest BCUT2D eigenvalue weighted by atomic mass is 31.2. The molecule has 1 rings (SSSR count). The van der Waals surface area contributed by atoms with Gasteiger partial charge < -0.3 is 13.9 Å². The third-order valence-electron chi connectivity index (χ3n) is 2.72. The second-order valence-electron chi connectivity index (χ2n) is 5.52. The molecule has 1 aliphatic rings. The molecule has 0 aliphatic carbocycles. The molecule has 0 radical (unpaired) electrons. The fourth-order valence-electron chi connectivity index (χ4n) is 1.75. The van der Waals surface area contributed by atoms with E-state index in [1.165, 1.54) is 6.92 Å². The predicted octanol–water partition coefficient (Wildman–Crippen LogP) is 2.03. The van der Waals surface area contributed by atoms with Crippen molar-refractivity contribution in [3.05, 3.63) is 0 Å². The van der Waals surface area contributed by atoms with E-state index >= 15 is 0 Å². The van der Waals surface area contributed by atoms with Crippen LogP contribution in [0.25, 0.3) is 0 Å². The molecular weight excluding hydrogens is 313 g/mol. The number of rotatable bonds is 7. The molecule has 0 aromatic carbocycles. The van der Waals surface area contributed by atoms with Gasteiger partial charge in [0.05, 0.1) is 12.2 Å². The SMILES string of the molecule is CC(C)OP(=O)(OC(C)C)C(C)C(=O)ON1C(=O)CCC1=O. The van der Waals surface area contributed by atoms with Gasteiger partial charge in [-0.3, -0.25) is 14.2 Å². The molecule has 1 fully saturated rings. The Hall–Kier alpha value is -1.24. The van der Waals surface area contributed by atoms with Gasteiger partial charge in [0.2, 0.25) is 0 Å². The summed E-state index contributed by atoms with van der Waals surface area (Å²) in [5.41, 5.74) is -1.27. The Kier molecular flexibility index (Phi) is 6.28. The highest BCUT2D eigenvalue weighted by molar-refractivity contribution is 7.55. The number of carbonyl (C=O) groups is 3. The minimum absolute atomic E-state index is 0.0108. The second kappa shape index (κ2) is 7.35. The maximum atomic E-state index is 12.8. The molecule has 1 aliphatic heterocycles. The van der Waals surface area contributed by atoms with Gasteiger partial charge in [0.15, 0.2) is 5.66 Å². The van der Waals surface area contributed by atoms with Gasteiger partial charge in [0.1, 0.15) is 0 Å². The molecule has 0 bridgehead atoms. The van der Waals surface area contributed by atoms with Crippen LogP contribution in [0.5, 0.6) is 0 Å². The summed E-state index contributed by atoms with van der Waals surface area (Å²) < 4.78 is 23.4. The number of imide groups is 1. The van der Waals surface area contributed by atoms with Crippen molar-refractivity contribution in [2.24, 2.45) is 0 Å². The van der Waals surface area contributed by atoms with Gasteiger partial charge in [0.25, 0.3) is 11.8 Å². The lowest BCUT2D eigenvalue weighted by atomic mass is 10.4. The molecule has 1 heterocycles. The Morgan fingerprint density at radius 1 is 1.00 bits per heavy atom. The van der Waals surface area contributed by atoms with Crippen LogP contribution in [0.15, 0.2) is 0 Å². The highest BCUT2D eigenvalue weighted by Gasteiger charge is 2.43. The number of hydrogen-bond donors (Lipinski definition) is 0. The van der Waals surface area contributed by atoms with Gasteiger partial charge in [-0.1, -0.05) is 0 Å². The Balaban J connectivity index is 2.86. The minimum atomic E-state index is -3.80. The molecule has 22 heavy (non-hydrogen) atoms. The van der Waals surface area contributed by atoms with Crippen molar-refractivity contribution in [2.75, 3.05) is 0 Å². The predicted molar refractivity (Wildman–Crippen MR) is 76.7 cm³/mol. The first kappa shape index (κ1) is 18.8. The van der Waals surface area contributed by atoms with Crippen molar-refractivity contribution >= 4 is 25.4 Å². The summed E-state index contributed by atoms with van der Waals surface area (Å²) in [6.45, 7) is 7.94. The van der Waals surface area contributed by atoms with Crippen molar-refractivity contribution in [3.63, 3.8) is 0 Å². The normalized spacial score (nSPS) is 17.5. The average Bonchev–Trinajstić information content (AvgIpc) is 2.67. The van der Waals surface area contributed by atoms with Crippen molar-refractivity contribution in [1.82, 2.24) is 5.06 Å². The average molecular weight is 335 g/mol. The molecule has 126 valence electrons. The molecule has 1 atom stereocenters. The summed E-state index contributed by atoms with van der Waals surface area (Å²) in [5, 5.41) is 0.411. The van der Waals surface area contributed by atoms with E-state index in [9.17, 15) is 18.9 Å². The van der Waals surface area contributed by atoms with Crippen LogP contribution in [0.2, 0.25) is 0 Å². The second-order valence-corrected chi connectivity index (χ2v) is 7.79. The van der Waals surface area contributed by atoms with Crippen molar-refractivity contribution in [2.45, 2.75) is 65.3 Å². The van der Waals surface area contributed by atoms with E-state index in [-0.39, 0.29) is 12.8 Å². The maximum Gasteiger partial charge on any atom is 0.348 e. The van der Waals surface area contributed by atoms with Crippen LogP contribution in [-0.2, 0) is 32.8 Å². The van der Waals surface area contributed by atoms with E-state index in [2.05, 4.69) is 0 Å². The summed E-state index contributed by atoms with van der Waals surface area (Å²) in [6.07, 6.45) is -0.892. The van der Waals surface area contributed by atoms with E-state index < -0.39 is 43.2 Å². The first-order valence-electron chi connectivity index (χ1n) is 7.11. The molecule has 0 aromatic rings. The Morgan fingerprint density at radius 3 is 1.77 bits per heavy atom. The maximum absolute atomic E-state index is 12.8. The van der Waals surface area contributed by atoms with Crippen LogP contribution in [-0.4, -0.2) is 40.7 Å². The zero-order valence-corrected chi connectivity index (χ0v) is 14.3. The monoisotopic (exact) mass is 335 g/mol. The first-order valence-corrected chi connectivity index (χ1v) is 8.72. The minimum Gasteiger partial charge on any atom is -0.329 e. The number of amides is 2. The molecule has 1 saturated heterocycles. The zero-order chi connectivity index (χ0) is 17.1. The summed E-state index contributed by atoms with van der Waals surface area (Å²) in [6, 6.07) is 0. The van der Waals surface area contributed by atoms with E-state index in [1.807, 2.05) is 0 Å². The van der Waals surface area contributed by atoms with Gasteiger partial charge in [-0.2, -0.15) is 0 Å². The van der Waals surface area contributed by atoms with E-state index in [1.54, 1.807) is 27.7 Å². The Bertz CT molecular complexity index is 473. The summed E-state index contributed by atoms with van der Waals surface area (Å²) in [5.74, 6) is -2.21. The molecule has 0 aromatic heterocycles. The largest absolute Gasteiger partial charge is 0.348 e. The zero-order valence-electron chi connectivity index (χ0n) is 13.4. The fraction of sp³-hybridized carbons (Fsp3) is 0.769. The molecule has 1 unspecified atom stereocenters. The van der Waals surface area contributed by atoms with Crippen LogP contribution < -0.4 is 0 Å². The Morgan fingerprint density at radius 2 is 1.41 bits per heavy atom. The fourth-order valence-corrected chi connectivity index (χ4v) is 3.64. The summed E-state index contributed by atoms with van der Waals surface area (Å²) in [4.78, 5) is 39.8. The van der Waals surface area contributed by atoms with E-state index in [0.29, 0.717) is 5.06 Å². The van der Waals surface area contributed by atoms with Gasteiger partial charge in [-0.15, -0.1) is 5.06 Å². The molecule has 9 heteroatoms. The van der Waals surface area contributed by atoms with Gasteiger partial charge in [-0.05, 0) is 34.6 Å². The van der Waals surface area contributed by atoms with Crippen LogP contribution in [0, 0.1) is 0 Å². The third kappa shape index (κ3) is 4.63. The molecule has 0 saturated carbocycles. The number of carbonyl (C=O) groups excluding carboxylic acids is 3. The van der Waals surface area contributed by atoms with Crippen molar-refractivity contribution < 1.29 is 32.8 Å². The molecular formula is C13H22NO7P. The molecule has 2 amide bonds. The topological polar surface area (TPSA) is 99.2 Å². The van der Waals surface area contributed by atoms with E-state index in [4.69, 9.17) is 13.9 Å². The number of hydrogen-bond acceptors (Lipinski definition) is 7. The third-order valence-corrected chi connectivity index (χ3v) is 5.31. The van der Waals surface area contributed by atoms with Gasteiger partial charge >= 0.3 is 13.6 Å². The van der Waals surface area contributed by atoms with E-state index in [0.717, 1.165) is 0 Å². The van der Waals surface area contributed by atoms with Gasteiger partial charge in [0, 0.05) is 12.8 Å². The lowest BCUT2D eigenvalue weighted by molar-refractivity contribution is -0.197. The molecule has 0 spiro atoms.